The molecule has 0 aromatic heterocycles. The minimum atomic E-state index is -3.30. The van der Waals surface area contributed by atoms with Crippen molar-refractivity contribution in [2.75, 3.05) is 23.6 Å². The lowest BCUT2D eigenvalue weighted by Crippen LogP contribution is -2.22. The van der Waals surface area contributed by atoms with Crippen molar-refractivity contribution in [2.45, 2.75) is 20.3 Å². The number of hydrogen-bond donors (Lipinski definition) is 2. The third-order valence-electron chi connectivity index (χ3n) is 2.55. The van der Waals surface area contributed by atoms with E-state index in [9.17, 15) is 8.42 Å². The smallest absolute Gasteiger partial charge is 0.232 e. The molecule has 0 aliphatic carbocycles. The van der Waals surface area contributed by atoms with E-state index >= 15 is 0 Å². The van der Waals surface area contributed by atoms with Gasteiger partial charge in [0, 0.05) is 5.02 Å². The van der Waals surface area contributed by atoms with E-state index in [1.165, 1.54) is 0 Å². The van der Waals surface area contributed by atoms with Gasteiger partial charge in [0.15, 0.2) is 0 Å². The minimum absolute atomic E-state index is 0.103. The molecular weight excluding hydrogens is 272 g/mol. The predicted octanol–water partition coefficient (Wildman–Crippen LogP) is 2.39. The summed E-state index contributed by atoms with van der Waals surface area (Å²) >= 11 is 5.94. The molecule has 1 aromatic rings. The summed E-state index contributed by atoms with van der Waals surface area (Å²) in [6.45, 7) is 5.33. The maximum atomic E-state index is 11.8. The molecule has 0 bridgehead atoms. The van der Waals surface area contributed by atoms with Gasteiger partial charge in [-0.2, -0.15) is 0 Å². The van der Waals surface area contributed by atoms with Crippen molar-refractivity contribution >= 4 is 27.3 Å². The van der Waals surface area contributed by atoms with E-state index in [1.54, 1.807) is 25.1 Å². The predicted molar refractivity (Wildman–Crippen MR) is 76.8 cm³/mol. The van der Waals surface area contributed by atoms with Crippen LogP contribution in [-0.4, -0.2) is 27.3 Å². The first kappa shape index (κ1) is 15.3. The van der Waals surface area contributed by atoms with Crippen LogP contribution in [0, 0.1) is 6.92 Å². The van der Waals surface area contributed by atoms with Crippen molar-refractivity contribution in [3.8, 4) is 0 Å². The van der Waals surface area contributed by atoms with Crippen molar-refractivity contribution < 1.29 is 8.42 Å². The summed E-state index contributed by atoms with van der Waals surface area (Å²) < 4.78 is 26.3. The summed E-state index contributed by atoms with van der Waals surface area (Å²) in [5, 5.41) is 3.65. The van der Waals surface area contributed by atoms with Gasteiger partial charge in [0.2, 0.25) is 10.0 Å². The molecule has 0 unspecified atom stereocenters. The Kier molecular flexibility index (Phi) is 5.91. The highest BCUT2D eigenvalue weighted by molar-refractivity contribution is 7.92. The number of benzene rings is 1. The van der Waals surface area contributed by atoms with Crippen molar-refractivity contribution in [2.24, 2.45) is 0 Å². The first-order valence-corrected chi connectivity index (χ1v) is 7.95. The van der Waals surface area contributed by atoms with Crippen LogP contribution in [0.3, 0.4) is 0 Å². The molecule has 0 saturated heterocycles. The lowest BCUT2D eigenvalue weighted by Gasteiger charge is -2.11. The molecule has 0 aliphatic heterocycles. The Morgan fingerprint density at radius 1 is 1.33 bits per heavy atom. The normalized spacial score (nSPS) is 11.5. The van der Waals surface area contributed by atoms with Crippen LogP contribution in [0.15, 0.2) is 18.2 Å². The highest BCUT2D eigenvalue weighted by atomic mass is 35.5. The van der Waals surface area contributed by atoms with E-state index in [1.807, 2.05) is 6.92 Å². The van der Waals surface area contributed by atoms with Crippen LogP contribution in [0.4, 0.5) is 5.69 Å². The molecule has 18 heavy (non-hydrogen) atoms. The van der Waals surface area contributed by atoms with Gasteiger partial charge in [-0.1, -0.05) is 24.6 Å². The first-order chi connectivity index (χ1) is 8.46. The highest BCUT2D eigenvalue weighted by Crippen LogP contribution is 2.23. The zero-order valence-corrected chi connectivity index (χ0v) is 12.2. The minimum Gasteiger partial charge on any atom is -0.317 e. The standard InChI is InChI=1S/C12H19ClN2O2S/c1-3-14-8-5-9-18(16,17)15-12-7-4-6-11(13)10(12)2/h4,6-7,14-15H,3,5,8-9H2,1-2H3. The molecule has 1 aromatic carbocycles. The summed E-state index contributed by atoms with van der Waals surface area (Å²) in [5.74, 6) is 0.103. The number of nitrogens with one attached hydrogen (secondary N) is 2. The van der Waals surface area contributed by atoms with E-state index in [4.69, 9.17) is 11.6 Å². The number of hydrogen-bond acceptors (Lipinski definition) is 3. The van der Waals surface area contributed by atoms with E-state index in [0.717, 1.165) is 12.1 Å². The Morgan fingerprint density at radius 2 is 2.06 bits per heavy atom. The summed E-state index contributed by atoms with van der Waals surface area (Å²) in [7, 11) is -3.30. The zero-order chi connectivity index (χ0) is 13.6. The lowest BCUT2D eigenvalue weighted by atomic mass is 10.2. The molecule has 102 valence electrons. The molecule has 0 spiro atoms. The molecule has 4 nitrogen and oxygen atoms in total. The van der Waals surface area contributed by atoms with Crippen LogP contribution >= 0.6 is 11.6 Å². The monoisotopic (exact) mass is 290 g/mol. The molecule has 1 rings (SSSR count). The first-order valence-electron chi connectivity index (χ1n) is 5.92. The average molecular weight is 291 g/mol. The molecular formula is C12H19ClN2O2S. The fourth-order valence-electron chi connectivity index (χ4n) is 1.50. The van der Waals surface area contributed by atoms with Gasteiger partial charge in [-0.3, -0.25) is 4.72 Å². The molecule has 0 aliphatic rings. The van der Waals surface area contributed by atoms with E-state index < -0.39 is 10.0 Å². The van der Waals surface area contributed by atoms with Gasteiger partial charge in [-0.25, -0.2) is 8.42 Å². The van der Waals surface area contributed by atoms with Crippen molar-refractivity contribution in [3.05, 3.63) is 28.8 Å². The second-order valence-electron chi connectivity index (χ2n) is 4.04. The largest absolute Gasteiger partial charge is 0.317 e. The lowest BCUT2D eigenvalue weighted by molar-refractivity contribution is 0.595. The Bertz CT molecular complexity index is 489. The third kappa shape index (κ3) is 4.84. The molecule has 0 radical (unpaired) electrons. The second-order valence-corrected chi connectivity index (χ2v) is 6.29. The van der Waals surface area contributed by atoms with Crippen molar-refractivity contribution in [1.29, 1.82) is 0 Å². The number of halogens is 1. The Labute approximate surface area is 114 Å². The van der Waals surface area contributed by atoms with Gasteiger partial charge in [0.25, 0.3) is 0 Å². The molecule has 0 amide bonds. The Morgan fingerprint density at radius 3 is 2.72 bits per heavy atom. The summed E-state index contributed by atoms with van der Waals surface area (Å²) in [5.41, 5.74) is 1.29. The van der Waals surface area contributed by atoms with Gasteiger partial charge >= 0.3 is 0 Å². The molecule has 0 fully saturated rings. The molecule has 0 saturated carbocycles. The van der Waals surface area contributed by atoms with E-state index in [-0.39, 0.29) is 5.75 Å². The number of sulfonamides is 1. The van der Waals surface area contributed by atoms with Crippen LogP contribution in [0.1, 0.15) is 18.9 Å². The number of rotatable bonds is 7. The fourth-order valence-corrected chi connectivity index (χ4v) is 2.86. The summed E-state index contributed by atoms with van der Waals surface area (Å²) in [6, 6.07) is 5.18. The molecule has 0 heterocycles. The van der Waals surface area contributed by atoms with Crippen LogP contribution in [0.5, 0.6) is 0 Å². The van der Waals surface area contributed by atoms with Gasteiger partial charge < -0.3 is 5.32 Å². The third-order valence-corrected chi connectivity index (χ3v) is 4.32. The Balaban J connectivity index is 2.62. The van der Waals surface area contributed by atoms with Crippen molar-refractivity contribution in [3.63, 3.8) is 0 Å². The SMILES string of the molecule is CCNCCCS(=O)(=O)Nc1cccc(Cl)c1C. The molecule has 0 atom stereocenters. The van der Waals surface area contributed by atoms with Gasteiger partial charge in [0.1, 0.15) is 0 Å². The van der Waals surface area contributed by atoms with Gasteiger partial charge in [-0.05, 0) is 44.1 Å². The highest BCUT2D eigenvalue weighted by Gasteiger charge is 2.12. The molecule has 6 heteroatoms. The summed E-state index contributed by atoms with van der Waals surface area (Å²) in [4.78, 5) is 0. The topological polar surface area (TPSA) is 58.2 Å². The van der Waals surface area contributed by atoms with Crippen molar-refractivity contribution in [1.82, 2.24) is 5.32 Å². The maximum Gasteiger partial charge on any atom is 0.232 e. The van der Waals surface area contributed by atoms with Crippen LogP contribution in [0.2, 0.25) is 5.02 Å². The average Bonchev–Trinajstić information content (AvgIpc) is 2.31. The maximum absolute atomic E-state index is 11.8. The second kappa shape index (κ2) is 6.97. The van der Waals surface area contributed by atoms with Crippen LogP contribution in [0.25, 0.3) is 0 Å². The molecule has 2 N–H and O–H groups in total. The van der Waals surface area contributed by atoms with E-state index in [0.29, 0.717) is 23.7 Å². The van der Waals surface area contributed by atoms with Crippen LogP contribution < -0.4 is 10.0 Å². The number of anilines is 1. The Hall–Kier alpha value is -0.780. The zero-order valence-electron chi connectivity index (χ0n) is 10.7. The van der Waals surface area contributed by atoms with Crippen LogP contribution in [-0.2, 0) is 10.0 Å². The quantitative estimate of drug-likeness (QED) is 0.758. The van der Waals surface area contributed by atoms with Gasteiger partial charge in [-0.15, -0.1) is 0 Å². The van der Waals surface area contributed by atoms with E-state index in [2.05, 4.69) is 10.0 Å². The summed E-state index contributed by atoms with van der Waals surface area (Å²) in [6.07, 6.45) is 0.586. The van der Waals surface area contributed by atoms with Gasteiger partial charge in [0.05, 0.1) is 11.4 Å². The fraction of sp³-hybridized carbons (Fsp3) is 0.500.